The average molecular weight is 253 g/mol. The van der Waals surface area contributed by atoms with E-state index in [2.05, 4.69) is 15.1 Å². The molecular formula is C13H11N5O. The maximum Gasteiger partial charge on any atom is 0.234 e. The molecule has 0 aliphatic carbocycles. The van der Waals surface area contributed by atoms with Crippen LogP contribution in [0, 0.1) is 0 Å². The molecule has 6 heteroatoms. The number of hydrogen-bond donors (Lipinski definition) is 2. The quantitative estimate of drug-likeness (QED) is 0.313. The minimum atomic E-state index is 0.0155. The molecule has 3 aromatic rings. The third-order valence-electron chi connectivity index (χ3n) is 2.81. The number of benzene rings is 1. The number of nitrogens with two attached hydrogens (primary N) is 1. The second kappa shape index (κ2) is 4.41. The number of aromatic nitrogens is 3. The van der Waals surface area contributed by atoms with Crippen molar-refractivity contribution in [2.24, 2.45) is 10.9 Å². The maximum atomic E-state index is 8.76. The van der Waals surface area contributed by atoms with Gasteiger partial charge in [0.25, 0.3) is 0 Å². The maximum absolute atomic E-state index is 8.76. The minimum absolute atomic E-state index is 0.0155. The number of nitrogens with zero attached hydrogens (tertiary/aromatic N) is 4. The summed E-state index contributed by atoms with van der Waals surface area (Å²) in [7, 11) is 0. The Kier molecular flexibility index (Phi) is 2.60. The second-order valence-electron chi connectivity index (χ2n) is 3.98. The van der Waals surface area contributed by atoms with Crippen LogP contribution < -0.4 is 5.73 Å². The fourth-order valence-corrected chi connectivity index (χ4v) is 1.89. The summed E-state index contributed by atoms with van der Waals surface area (Å²) in [5.74, 6) is 0.493. The van der Waals surface area contributed by atoms with Crippen molar-refractivity contribution in [3.63, 3.8) is 0 Å². The van der Waals surface area contributed by atoms with Crippen LogP contribution in [0.15, 0.2) is 53.9 Å². The number of amidine groups is 1. The zero-order valence-electron chi connectivity index (χ0n) is 9.93. The largest absolute Gasteiger partial charge is 0.409 e. The fraction of sp³-hybridized carbons (Fsp3) is 0. The van der Waals surface area contributed by atoms with Crippen LogP contribution in [0.3, 0.4) is 0 Å². The molecule has 0 unspecified atom stereocenters. The van der Waals surface area contributed by atoms with Gasteiger partial charge in [-0.15, -0.1) is 0 Å². The Labute approximate surface area is 108 Å². The highest BCUT2D eigenvalue weighted by atomic mass is 16.4. The molecule has 0 amide bonds. The zero-order chi connectivity index (χ0) is 13.2. The lowest BCUT2D eigenvalue weighted by atomic mass is 10.2. The van der Waals surface area contributed by atoms with Gasteiger partial charge >= 0.3 is 0 Å². The number of oxime groups is 1. The van der Waals surface area contributed by atoms with E-state index in [1.165, 1.54) is 0 Å². The van der Waals surface area contributed by atoms with Gasteiger partial charge in [0.15, 0.2) is 5.84 Å². The van der Waals surface area contributed by atoms with E-state index in [9.17, 15) is 0 Å². The molecule has 3 N–H and O–H groups in total. The summed E-state index contributed by atoms with van der Waals surface area (Å²) in [6, 6.07) is 11.2. The molecule has 0 spiro atoms. The number of para-hydroxylation sites is 1. The van der Waals surface area contributed by atoms with Crippen molar-refractivity contribution >= 4 is 16.7 Å². The van der Waals surface area contributed by atoms with Crippen LogP contribution in [0.4, 0.5) is 0 Å². The third kappa shape index (κ3) is 1.89. The average Bonchev–Trinajstić information content (AvgIpc) is 2.95. The number of fused-ring (bicyclic) bond motifs is 1. The van der Waals surface area contributed by atoms with Gasteiger partial charge in [-0.2, -0.15) is 0 Å². The molecule has 6 nitrogen and oxygen atoms in total. The highest BCUT2D eigenvalue weighted by Gasteiger charge is 2.10. The van der Waals surface area contributed by atoms with E-state index in [4.69, 9.17) is 10.9 Å². The Hall–Kier alpha value is -2.89. The SMILES string of the molecule is N/C(=N/O)c1cccn1-c1ncc2ccccc2n1. The first kappa shape index (κ1) is 11.2. The lowest BCUT2D eigenvalue weighted by Crippen LogP contribution is -2.18. The molecule has 0 saturated heterocycles. The summed E-state index contributed by atoms with van der Waals surface area (Å²) in [4.78, 5) is 8.74. The van der Waals surface area contributed by atoms with Gasteiger partial charge in [0.05, 0.1) is 11.2 Å². The molecule has 0 radical (unpaired) electrons. The molecule has 0 aliphatic rings. The molecule has 3 rings (SSSR count). The second-order valence-corrected chi connectivity index (χ2v) is 3.98. The Morgan fingerprint density at radius 2 is 2.05 bits per heavy atom. The molecule has 0 fully saturated rings. The van der Waals surface area contributed by atoms with E-state index >= 15 is 0 Å². The van der Waals surface area contributed by atoms with Gasteiger partial charge in [0, 0.05) is 17.8 Å². The Bertz CT molecular complexity index is 762. The molecule has 94 valence electrons. The standard InChI is InChI=1S/C13H11N5O/c14-12(17-19)11-6-3-7-18(11)13-15-8-9-4-1-2-5-10(9)16-13/h1-8,19H,(H2,14,17). The Morgan fingerprint density at radius 1 is 1.21 bits per heavy atom. The zero-order valence-corrected chi connectivity index (χ0v) is 9.93. The molecule has 0 bridgehead atoms. The van der Waals surface area contributed by atoms with Crippen LogP contribution in [-0.4, -0.2) is 25.6 Å². The highest BCUT2D eigenvalue weighted by molar-refractivity contribution is 5.96. The predicted octanol–water partition coefficient (Wildman–Crippen LogP) is 1.51. The Morgan fingerprint density at radius 3 is 2.89 bits per heavy atom. The predicted molar refractivity (Wildman–Crippen MR) is 71.4 cm³/mol. The topological polar surface area (TPSA) is 89.3 Å². The molecule has 0 aliphatic heterocycles. The van der Waals surface area contributed by atoms with Crippen molar-refractivity contribution in [2.45, 2.75) is 0 Å². The van der Waals surface area contributed by atoms with Crippen LogP contribution in [0.2, 0.25) is 0 Å². The molecule has 2 aromatic heterocycles. The van der Waals surface area contributed by atoms with E-state index in [1.54, 1.807) is 29.1 Å². The van der Waals surface area contributed by atoms with Gasteiger partial charge in [-0.3, -0.25) is 4.57 Å². The lowest BCUT2D eigenvalue weighted by molar-refractivity contribution is 0.318. The fourth-order valence-electron chi connectivity index (χ4n) is 1.89. The van der Waals surface area contributed by atoms with Gasteiger partial charge in [-0.25, -0.2) is 9.97 Å². The van der Waals surface area contributed by atoms with Gasteiger partial charge in [-0.05, 0) is 18.2 Å². The first-order valence-corrected chi connectivity index (χ1v) is 5.67. The van der Waals surface area contributed by atoms with Gasteiger partial charge in [-0.1, -0.05) is 23.4 Å². The number of hydrogen-bond acceptors (Lipinski definition) is 4. The summed E-state index contributed by atoms with van der Waals surface area (Å²) in [5, 5.41) is 12.7. The molecular weight excluding hydrogens is 242 g/mol. The first-order chi connectivity index (χ1) is 9.29. The molecule has 0 saturated carbocycles. The van der Waals surface area contributed by atoms with Crippen molar-refractivity contribution in [1.29, 1.82) is 0 Å². The summed E-state index contributed by atoms with van der Waals surface area (Å²) < 4.78 is 1.67. The van der Waals surface area contributed by atoms with Crippen LogP contribution in [-0.2, 0) is 0 Å². The van der Waals surface area contributed by atoms with Crippen molar-refractivity contribution in [2.75, 3.05) is 0 Å². The third-order valence-corrected chi connectivity index (χ3v) is 2.81. The Balaban J connectivity index is 2.17. The molecule has 19 heavy (non-hydrogen) atoms. The molecule has 1 aromatic carbocycles. The van der Waals surface area contributed by atoms with Crippen molar-refractivity contribution in [1.82, 2.24) is 14.5 Å². The van der Waals surface area contributed by atoms with Crippen molar-refractivity contribution in [3.8, 4) is 5.95 Å². The van der Waals surface area contributed by atoms with E-state index in [1.807, 2.05) is 24.3 Å². The lowest BCUT2D eigenvalue weighted by Gasteiger charge is -2.06. The van der Waals surface area contributed by atoms with Crippen LogP contribution >= 0.6 is 0 Å². The first-order valence-electron chi connectivity index (χ1n) is 5.67. The molecule has 0 atom stereocenters. The number of rotatable bonds is 2. The smallest absolute Gasteiger partial charge is 0.234 e. The van der Waals surface area contributed by atoms with Crippen LogP contribution in [0.25, 0.3) is 16.9 Å². The van der Waals surface area contributed by atoms with E-state index < -0.39 is 0 Å². The monoisotopic (exact) mass is 253 g/mol. The van der Waals surface area contributed by atoms with E-state index in [-0.39, 0.29) is 5.84 Å². The molecule has 2 heterocycles. The summed E-state index contributed by atoms with van der Waals surface area (Å²) in [5.41, 5.74) is 6.99. The van der Waals surface area contributed by atoms with E-state index in [0.717, 1.165) is 10.9 Å². The van der Waals surface area contributed by atoms with Gasteiger partial charge in [0.1, 0.15) is 0 Å². The summed E-state index contributed by atoms with van der Waals surface area (Å²) in [6.45, 7) is 0. The van der Waals surface area contributed by atoms with Gasteiger partial charge < -0.3 is 10.9 Å². The van der Waals surface area contributed by atoms with Crippen LogP contribution in [0.1, 0.15) is 5.69 Å². The summed E-state index contributed by atoms with van der Waals surface area (Å²) in [6.07, 6.45) is 3.51. The van der Waals surface area contributed by atoms with Crippen molar-refractivity contribution in [3.05, 3.63) is 54.5 Å². The summed E-state index contributed by atoms with van der Waals surface area (Å²) >= 11 is 0. The van der Waals surface area contributed by atoms with E-state index in [0.29, 0.717) is 11.6 Å². The van der Waals surface area contributed by atoms with Crippen molar-refractivity contribution < 1.29 is 5.21 Å². The van der Waals surface area contributed by atoms with Crippen LogP contribution in [0.5, 0.6) is 0 Å². The van der Waals surface area contributed by atoms with Gasteiger partial charge in [0.2, 0.25) is 5.95 Å². The normalized spacial score (nSPS) is 11.9. The highest BCUT2D eigenvalue weighted by Crippen LogP contribution is 2.13. The minimum Gasteiger partial charge on any atom is -0.409 e.